The molecule has 10 heteroatoms. The van der Waals surface area contributed by atoms with Crippen molar-refractivity contribution in [2.24, 2.45) is 5.16 Å². The Balaban J connectivity index is 2.02. The quantitative estimate of drug-likeness (QED) is 0.204. The molecule has 1 aromatic rings. The molecule has 0 saturated heterocycles. The maximum absolute atomic E-state index is 9.34. The van der Waals surface area contributed by atoms with Gasteiger partial charge in [0.15, 0.2) is 12.4 Å². The molecule has 0 spiro atoms. The Bertz CT molecular complexity index is 528. The van der Waals surface area contributed by atoms with Crippen molar-refractivity contribution in [2.75, 3.05) is 26.4 Å². The first-order chi connectivity index (χ1) is 11.8. The average molecular weight is 454 g/mol. The molecule has 0 aliphatic carbocycles. The van der Waals surface area contributed by atoms with E-state index in [2.05, 4.69) is 5.16 Å². The number of aromatic hydroxyl groups is 1. The molecule has 1 N–H and O–H groups in total. The molecule has 25 heavy (non-hydrogen) atoms. The van der Waals surface area contributed by atoms with Gasteiger partial charge in [0.1, 0.15) is 5.75 Å². The standard InChI is InChI=1S/C15H18Cl5NO4/c16-12-8-11(22)9-13(17)14(12)24-6-3-1-2-5-23-7-4-21-25-10-15(18,19)20/h4,8-9,22H,1-3,5-7,10H2/b21-4+. The van der Waals surface area contributed by atoms with Crippen LogP contribution >= 0.6 is 58.0 Å². The third kappa shape index (κ3) is 11.1. The molecule has 5 nitrogen and oxygen atoms in total. The zero-order valence-electron chi connectivity index (χ0n) is 13.2. The summed E-state index contributed by atoms with van der Waals surface area (Å²) in [6.07, 6.45) is 4.04. The number of oxime groups is 1. The van der Waals surface area contributed by atoms with Crippen molar-refractivity contribution in [2.45, 2.75) is 23.1 Å². The van der Waals surface area contributed by atoms with Gasteiger partial charge >= 0.3 is 0 Å². The Morgan fingerprint density at radius 1 is 1.04 bits per heavy atom. The Morgan fingerprint density at radius 2 is 1.68 bits per heavy atom. The third-order valence-electron chi connectivity index (χ3n) is 2.73. The molecule has 0 radical (unpaired) electrons. The zero-order valence-corrected chi connectivity index (χ0v) is 17.0. The molecule has 142 valence electrons. The van der Waals surface area contributed by atoms with E-state index < -0.39 is 3.79 Å². The lowest BCUT2D eigenvalue weighted by Crippen LogP contribution is -2.10. The molecule has 0 aliphatic heterocycles. The molecule has 0 bridgehead atoms. The number of unbranched alkanes of at least 4 members (excludes halogenated alkanes) is 2. The maximum atomic E-state index is 9.34. The van der Waals surface area contributed by atoms with Crippen LogP contribution in [0.2, 0.25) is 10.0 Å². The molecule has 0 amide bonds. The Kier molecular flexibility index (Phi) is 11.1. The first-order valence-electron chi connectivity index (χ1n) is 7.38. The predicted molar refractivity (Wildman–Crippen MR) is 103 cm³/mol. The molecule has 0 aromatic heterocycles. The molecule has 0 unspecified atom stereocenters. The molecule has 1 aromatic carbocycles. The van der Waals surface area contributed by atoms with Crippen molar-refractivity contribution in [3.63, 3.8) is 0 Å². The summed E-state index contributed by atoms with van der Waals surface area (Å²) in [4.78, 5) is 4.77. The summed E-state index contributed by atoms with van der Waals surface area (Å²) in [5, 5.41) is 13.5. The molecule has 0 fully saturated rings. The van der Waals surface area contributed by atoms with Crippen LogP contribution in [0.5, 0.6) is 11.5 Å². The summed E-state index contributed by atoms with van der Waals surface area (Å²) in [5.74, 6) is 0.379. The SMILES string of the molecule is Oc1cc(Cl)c(OCCCCCOC/C=N/OCC(Cl)(Cl)Cl)c(Cl)c1. The highest BCUT2D eigenvalue weighted by atomic mass is 35.6. The minimum absolute atomic E-state index is 0.000679. The fraction of sp³-hybridized carbons (Fsp3) is 0.533. The minimum Gasteiger partial charge on any atom is -0.508 e. The van der Waals surface area contributed by atoms with Crippen LogP contribution in [0, 0.1) is 0 Å². The number of ether oxygens (including phenoxy) is 2. The number of nitrogens with zero attached hydrogens (tertiary/aromatic N) is 1. The normalized spacial score (nSPS) is 11.9. The van der Waals surface area contributed by atoms with Crippen molar-refractivity contribution in [1.29, 1.82) is 0 Å². The van der Waals surface area contributed by atoms with E-state index in [9.17, 15) is 5.11 Å². The van der Waals surface area contributed by atoms with Gasteiger partial charge in [0.05, 0.1) is 29.5 Å². The summed E-state index contributed by atoms with van der Waals surface area (Å²) < 4.78 is 9.40. The van der Waals surface area contributed by atoms with E-state index in [0.29, 0.717) is 25.6 Å². The van der Waals surface area contributed by atoms with Gasteiger partial charge in [-0.05, 0) is 19.3 Å². The van der Waals surface area contributed by atoms with Gasteiger partial charge < -0.3 is 19.4 Å². The van der Waals surface area contributed by atoms with Gasteiger partial charge in [-0.25, -0.2) is 0 Å². The number of phenolic OH excluding ortho intramolecular Hbond substituents is 1. The fourth-order valence-electron chi connectivity index (χ4n) is 1.67. The van der Waals surface area contributed by atoms with E-state index in [1.54, 1.807) is 0 Å². The molecule has 0 aliphatic rings. The number of phenols is 1. The van der Waals surface area contributed by atoms with E-state index in [4.69, 9.17) is 72.3 Å². The first kappa shape index (κ1) is 22.7. The van der Waals surface area contributed by atoms with Crippen LogP contribution in [0.15, 0.2) is 17.3 Å². The molecule has 1 rings (SSSR count). The monoisotopic (exact) mass is 451 g/mol. The van der Waals surface area contributed by atoms with Gasteiger partial charge in [0.2, 0.25) is 3.79 Å². The van der Waals surface area contributed by atoms with E-state index in [1.807, 2.05) is 0 Å². The van der Waals surface area contributed by atoms with E-state index >= 15 is 0 Å². The van der Waals surface area contributed by atoms with Gasteiger partial charge in [-0.3, -0.25) is 0 Å². The van der Waals surface area contributed by atoms with Crippen molar-refractivity contribution in [3.8, 4) is 11.5 Å². The molecule has 0 saturated carbocycles. The van der Waals surface area contributed by atoms with Gasteiger partial charge in [-0.2, -0.15) is 0 Å². The van der Waals surface area contributed by atoms with Crippen LogP contribution in [-0.4, -0.2) is 41.5 Å². The number of hydrogen-bond acceptors (Lipinski definition) is 5. The highest BCUT2D eigenvalue weighted by Crippen LogP contribution is 2.36. The lowest BCUT2D eigenvalue weighted by molar-refractivity contribution is 0.139. The van der Waals surface area contributed by atoms with Gasteiger partial charge in [-0.1, -0.05) is 63.2 Å². The number of rotatable bonds is 11. The Morgan fingerprint density at radius 3 is 2.32 bits per heavy atom. The van der Waals surface area contributed by atoms with Crippen LogP contribution in [0.1, 0.15) is 19.3 Å². The smallest absolute Gasteiger partial charge is 0.226 e. The van der Waals surface area contributed by atoms with Crippen LogP contribution < -0.4 is 4.74 Å². The van der Waals surface area contributed by atoms with E-state index in [-0.39, 0.29) is 22.4 Å². The first-order valence-corrected chi connectivity index (χ1v) is 9.27. The number of alkyl halides is 3. The number of halogens is 5. The van der Waals surface area contributed by atoms with Gasteiger partial charge in [0.25, 0.3) is 0 Å². The van der Waals surface area contributed by atoms with Gasteiger partial charge in [0, 0.05) is 18.7 Å². The molecular formula is C15H18Cl5NO4. The topological polar surface area (TPSA) is 60.3 Å². The molecule has 0 atom stereocenters. The predicted octanol–water partition coefficient (Wildman–Crippen LogP) is 5.64. The zero-order chi connectivity index (χ0) is 18.7. The lowest BCUT2D eigenvalue weighted by atomic mass is 10.2. The molecular weight excluding hydrogens is 435 g/mol. The summed E-state index contributed by atoms with van der Waals surface area (Å²) in [6.45, 7) is 1.24. The summed E-state index contributed by atoms with van der Waals surface area (Å²) in [5.41, 5.74) is 0. The second kappa shape index (κ2) is 12.2. The van der Waals surface area contributed by atoms with Gasteiger partial charge in [-0.15, -0.1) is 0 Å². The number of benzene rings is 1. The van der Waals surface area contributed by atoms with Crippen LogP contribution in [0.4, 0.5) is 0 Å². The van der Waals surface area contributed by atoms with E-state index in [1.165, 1.54) is 18.3 Å². The maximum Gasteiger partial charge on any atom is 0.226 e. The summed E-state index contributed by atoms with van der Waals surface area (Å²) in [6, 6.07) is 2.77. The number of hydrogen-bond donors (Lipinski definition) is 1. The third-order valence-corrected chi connectivity index (χ3v) is 3.62. The van der Waals surface area contributed by atoms with E-state index in [0.717, 1.165) is 19.3 Å². The van der Waals surface area contributed by atoms with Crippen LogP contribution in [-0.2, 0) is 9.57 Å². The van der Waals surface area contributed by atoms with Crippen molar-refractivity contribution >= 4 is 64.2 Å². The Hall–Kier alpha value is -0.300. The summed E-state index contributed by atoms with van der Waals surface area (Å²) in [7, 11) is 0. The van der Waals surface area contributed by atoms with Crippen LogP contribution in [0.3, 0.4) is 0 Å². The van der Waals surface area contributed by atoms with Crippen molar-refractivity contribution in [3.05, 3.63) is 22.2 Å². The highest BCUT2D eigenvalue weighted by molar-refractivity contribution is 6.67. The average Bonchev–Trinajstić information content (AvgIpc) is 2.49. The minimum atomic E-state index is -1.48. The highest BCUT2D eigenvalue weighted by Gasteiger charge is 2.20. The van der Waals surface area contributed by atoms with Crippen LogP contribution in [0.25, 0.3) is 0 Å². The fourth-order valence-corrected chi connectivity index (χ4v) is 2.40. The summed E-state index contributed by atoms with van der Waals surface area (Å²) >= 11 is 28.4. The Labute approximate surface area is 171 Å². The second-order valence-corrected chi connectivity index (χ2v) is 8.23. The second-order valence-electron chi connectivity index (χ2n) is 4.90. The lowest BCUT2D eigenvalue weighted by Gasteiger charge is -2.10. The largest absolute Gasteiger partial charge is 0.508 e. The van der Waals surface area contributed by atoms with Crippen molar-refractivity contribution < 1.29 is 19.4 Å². The van der Waals surface area contributed by atoms with Crippen molar-refractivity contribution in [1.82, 2.24) is 0 Å². The molecule has 0 heterocycles.